The largest absolute Gasteiger partial charge is 0.433 e. The van der Waals surface area contributed by atoms with Gasteiger partial charge < -0.3 is 15.7 Å². The first-order valence-corrected chi connectivity index (χ1v) is 6.32. The lowest BCUT2D eigenvalue weighted by atomic mass is 10.3. The van der Waals surface area contributed by atoms with Crippen molar-refractivity contribution in [3.63, 3.8) is 0 Å². The molecule has 0 atom stereocenters. The molecule has 1 heterocycles. The smallest absolute Gasteiger partial charge is 0.395 e. The van der Waals surface area contributed by atoms with Gasteiger partial charge in [0.05, 0.1) is 12.3 Å². The van der Waals surface area contributed by atoms with Crippen molar-refractivity contribution in [2.45, 2.75) is 6.18 Å². The number of halogens is 5. The van der Waals surface area contributed by atoms with Crippen LogP contribution in [0.4, 0.5) is 39.4 Å². The summed E-state index contributed by atoms with van der Waals surface area (Å²) in [7, 11) is 0. The highest BCUT2D eigenvalue weighted by molar-refractivity contribution is 5.58. The topological polar surface area (TPSA) is 70.1 Å². The molecule has 2 aromatic rings. The summed E-state index contributed by atoms with van der Waals surface area (Å²) in [6.45, 7) is -0.421. The predicted molar refractivity (Wildman–Crippen MR) is 72.3 cm³/mol. The Labute approximate surface area is 127 Å². The van der Waals surface area contributed by atoms with Gasteiger partial charge in [-0.1, -0.05) is 0 Å². The van der Waals surface area contributed by atoms with Crippen molar-refractivity contribution in [3.8, 4) is 0 Å². The normalized spacial score (nSPS) is 11.4. The summed E-state index contributed by atoms with van der Waals surface area (Å²) in [6, 6.07) is 3.05. The van der Waals surface area contributed by atoms with Crippen LogP contribution in [0.3, 0.4) is 0 Å². The molecular formula is C13H11F5N4O. The number of aliphatic hydroxyl groups is 1. The molecule has 0 bridgehead atoms. The Hall–Kier alpha value is -2.49. The number of hydrogen-bond acceptors (Lipinski definition) is 5. The maximum atomic E-state index is 13.5. The zero-order chi connectivity index (χ0) is 17.0. The Morgan fingerprint density at radius 2 is 1.83 bits per heavy atom. The third-order valence-electron chi connectivity index (χ3n) is 2.60. The standard InChI is InChI=1S/C13H11F5N4O/c14-7-1-2-8(15)9(5-7)20-11-6-10(13(16,17)18)21-12(22-11)19-3-4-23/h1-2,5-6,23H,3-4H2,(H2,19,20,21,22). The second-order valence-electron chi connectivity index (χ2n) is 4.36. The van der Waals surface area contributed by atoms with E-state index in [1.165, 1.54) is 0 Å². The predicted octanol–water partition coefficient (Wildman–Crippen LogP) is 2.92. The number of rotatable bonds is 5. The van der Waals surface area contributed by atoms with Crippen LogP contribution in [0.15, 0.2) is 24.3 Å². The van der Waals surface area contributed by atoms with Gasteiger partial charge in [-0.25, -0.2) is 13.8 Å². The molecular weight excluding hydrogens is 323 g/mol. The van der Waals surface area contributed by atoms with Crippen molar-refractivity contribution in [2.75, 3.05) is 23.8 Å². The maximum Gasteiger partial charge on any atom is 0.433 e. The van der Waals surface area contributed by atoms with Crippen LogP contribution < -0.4 is 10.6 Å². The minimum absolute atomic E-state index is 0.0743. The Kier molecular flexibility index (Phi) is 4.94. The molecule has 124 valence electrons. The second kappa shape index (κ2) is 6.73. The fraction of sp³-hybridized carbons (Fsp3) is 0.231. The summed E-state index contributed by atoms with van der Waals surface area (Å²) >= 11 is 0. The number of nitrogens with one attached hydrogen (secondary N) is 2. The van der Waals surface area contributed by atoms with Gasteiger partial charge in [-0.2, -0.15) is 18.2 Å². The minimum atomic E-state index is -4.75. The number of anilines is 3. The molecule has 0 saturated heterocycles. The van der Waals surface area contributed by atoms with Crippen LogP contribution in [-0.2, 0) is 6.18 Å². The molecule has 3 N–H and O–H groups in total. The van der Waals surface area contributed by atoms with Gasteiger partial charge in [0.25, 0.3) is 0 Å². The molecule has 5 nitrogen and oxygen atoms in total. The zero-order valence-corrected chi connectivity index (χ0v) is 11.5. The average Bonchev–Trinajstić information content (AvgIpc) is 2.48. The molecule has 0 aliphatic heterocycles. The summed E-state index contributed by atoms with van der Waals surface area (Å²) in [5.41, 5.74) is -1.64. The fourth-order valence-electron chi connectivity index (χ4n) is 1.63. The van der Waals surface area contributed by atoms with Gasteiger partial charge in [0.15, 0.2) is 5.69 Å². The molecule has 10 heteroatoms. The van der Waals surface area contributed by atoms with Gasteiger partial charge in [-0.3, -0.25) is 0 Å². The monoisotopic (exact) mass is 334 g/mol. The molecule has 0 aliphatic rings. The van der Waals surface area contributed by atoms with Gasteiger partial charge in [-0.15, -0.1) is 0 Å². The third-order valence-corrected chi connectivity index (χ3v) is 2.60. The summed E-state index contributed by atoms with van der Waals surface area (Å²) in [4.78, 5) is 6.97. The van der Waals surface area contributed by atoms with Crippen molar-refractivity contribution in [3.05, 3.63) is 41.6 Å². The van der Waals surface area contributed by atoms with E-state index >= 15 is 0 Å². The highest BCUT2D eigenvalue weighted by atomic mass is 19.4. The Bertz CT molecular complexity index is 693. The van der Waals surface area contributed by atoms with Crippen LogP contribution in [0.1, 0.15) is 5.69 Å². The fourth-order valence-corrected chi connectivity index (χ4v) is 1.63. The average molecular weight is 334 g/mol. The molecule has 0 fully saturated rings. The van der Waals surface area contributed by atoms with Crippen LogP contribution in [0.2, 0.25) is 0 Å². The highest BCUT2D eigenvalue weighted by Gasteiger charge is 2.33. The molecule has 0 aliphatic carbocycles. The first-order chi connectivity index (χ1) is 10.8. The number of aliphatic hydroxyl groups excluding tert-OH is 1. The highest BCUT2D eigenvalue weighted by Crippen LogP contribution is 2.30. The number of nitrogens with zero attached hydrogens (tertiary/aromatic N) is 2. The van der Waals surface area contributed by atoms with Crippen molar-refractivity contribution in [1.82, 2.24) is 9.97 Å². The Balaban J connectivity index is 2.38. The van der Waals surface area contributed by atoms with Gasteiger partial charge in [-0.05, 0) is 12.1 Å². The van der Waals surface area contributed by atoms with E-state index in [2.05, 4.69) is 20.6 Å². The molecule has 0 radical (unpaired) electrons. The van der Waals surface area contributed by atoms with E-state index < -0.39 is 29.5 Å². The molecule has 0 spiro atoms. The van der Waals surface area contributed by atoms with Crippen molar-refractivity contribution in [1.29, 1.82) is 0 Å². The molecule has 0 amide bonds. The van der Waals surface area contributed by atoms with E-state index in [0.717, 1.165) is 18.2 Å². The second-order valence-corrected chi connectivity index (χ2v) is 4.36. The quantitative estimate of drug-likeness (QED) is 0.734. The van der Waals surface area contributed by atoms with Crippen LogP contribution in [-0.4, -0.2) is 28.2 Å². The molecule has 1 aromatic carbocycles. The van der Waals surface area contributed by atoms with E-state index in [1.807, 2.05) is 0 Å². The van der Waals surface area contributed by atoms with Gasteiger partial charge in [0.2, 0.25) is 5.95 Å². The number of benzene rings is 1. The first kappa shape index (κ1) is 16.9. The van der Waals surface area contributed by atoms with Gasteiger partial charge in [0.1, 0.15) is 17.5 Å². The number of aromatic nitrogens is 2. The van der Waals surface area contributed by atoms with E-state index in [4.69, 9.17) is 5.11 Å². The molecule has 23 heavy (non-hydrogen) atoms. The number of hydrogen-bond donors (Lipinski definition) is 3. The van der Waals surface area contributed by atoms with Crippen LogP contribution in [0, 0.1) is 11.6 Å². The van der Waals surface area contributed by atoms with Crippen LogP contribution in [0.5, 0.6) is 0 Å². The molecule has 2 rings (SSSR count). The summed E-state index contributed by atoms with van der Waals surface area (Å²) < 4.78 is 65.1. The summed E-state index contributed by atoms with van der Waals surface area (Å²) in [5.74, 6) is -2.41. The summed E-state index contributed by atoms with van der Waals surface area (Å²) in [6.07, 6.45) is -4.75. The zero-order valence-electron chi connectivity index (χ0n) is 11.5. The summed E-state index contributed by atoms with van der Waals surface area (Å²) in [5, 5.41) is 13.3. The maximum absolute atomic E-state index is 13.5. The lowest BCUT2D eigenvalue weighted by molar-refractivity contribution is -0.141. The Morgan fingerprint density at radius 1 is 1.09 bits per heavy atom. The third kappa shape index (κ3) is 4.49. The van der Waals surface area contributed by atoms with Crippen molar-refractivity contribution >= 4 is 17.5 Å². The van der Waals surface area contributed by atoms with E-state index in [0.29, 0.717) is 6.07 Å². The molecule has 0 saturated carbocycles. The lowest BCUT2D eigenvalue weighted by Gasteiger charge is -2.13. The Morgan fingerprint density at radius 3 is 2.48 bits per heavy atom. The SMILES string of the molecule is OCCNc1nc(Nc2cc(F)ccc2F)cc(C(F)(F)F)n1. The lowest BCUT2D eigenvalue weighted by Crippen LogP contribution is -2.15. The molecule has 0 unspecified atom stereocenters. The van der Waals surface area contributed by atoms with Crippen LogP contribution >= 0.6 is 0 Å². The van der Waals surface area contributed by atoms with Gasteiger partial charge >= 0.3 is 6.18 Å². The van der Waals surface area contributed by atoms with Crippen LogP contribution in [0.25, 0.3) is 0 Å². The van der Waals surface area contributed by atoms with E-state index in [9.17, 15) is 22.0 Å². The molecule has 1 aromatic heterocycles. The van der Waals surface area contributed by atoms with E-state index in [-0.39, 0.29) is 24.7 Å². The van der Waals surface area contributed by atoms with E-state index in [1.54, 1.807) is 0 Å². The van der Waals surface area contributed by atoms with Crippen molar-refractivity contribution in [2.24, 2.45) is 0 Å². The van der Waals surface area contributed by atoms with Crippen molar-refractivity contribution < 1.29 is 27.1 Å². The first-order valence-electron chi connectivity index (χ1n) is 6.32. The number of alkyl halides is 3. The van der Waals surface area contributed by atoms with Gasteiger partial charge in [0, 0.05) is 18.7 Å². The minimum Gasteiger partial charge on any atom is -0.395 e.